The zero-order chi connectivity index (χ0) is 21.3. The second kappa shape index (κ2) is 7.79. The van der Waals surface area contributed by atoms with E-state index >= 15 is 0 Å². The molecule has 0 saturated carbocycles. The van der Waals surface area contributed by atoms with Crippen molar-refractivity contribution in [3.05, 3.63) is 72.6 Å². The van der Waals surface area contributed by atoms with Crippen LogP contribution in [0.5, 0.6) is 5.75 Å². The molecule has 1 N–H and O–H groups in total. The summed E-state index contributed by atoms with van der Waals surface area (Å²) in [5.74, 6) is 0.711. The van der Waals surface area contributed by atoms with Crippen LogP contribution in [0.3, 0.4) is 0 Å². The number of aromatic hydroxyl groups is 1. The molecule has 2 aromatic carbocycles. The number of aryl methyl sites for hydroxylation is 1. The molecular weight excluding hydrogens is 378 g/mol. The second-order valence-electron chi connectivity index (χ2n) is 7.07. The van der Waals surface area contributed by atoms with E-state index in [0.717, 1.165) is 16.8 Å². The van der Waals surface area contributed by atoms with Crippen LogP contribution in [0.15, 0.2) is 65.7 Å². The lowest BCUT2D eigenvalue weighted by Gasteiger charge is -2.16. The fourth-order valence-electron chi connectivity index (χ4n) is 2.96. The second-order valence-corrected chi connectivity index (χ2v) is 7.07. The first-order valence-electron chi connectivity index (χ1n) is 9.36. The molecule has 0 unspecified atom stereocenters. The van der Waals surface area contributed by atoms with E-state index in [1.54, 1.807) is 30.5 Å². The highest BCUT2D eigenvalue weighted by Crippen LogP contribution is 2.28. The van der Waals surface area contributed by atoms with Gasteiger partial charge in [-0.15, -0.1) is 10.2 Å². The summed E-state index contributed by atoms with van der Waals surface area (Å²) in [5.41, 5.74) is 5.43. The van der Waals surface area contributed by atoms with Crippen molar-refractivity contribution in [2.45, 2.75) is 6.92 Å². The van der Waals surface area contributed by atoms with Gasteiger partial charge in [-0.05, 0) is 30.7 Å². The number of rotatable bonds is 5. The van der Waals surface area contributed by atoms with Crippen LogP contribution in [0.25, 0.3) is 40.0 Å². The maximum absolute atomic E-state index is 9.67. The highest BCUT2D eigenvalue weighted by atomic mass is 16.4. The van der Waals surface area contributed by atoms with Crippen molar-refractivity contribution in [3.63, 3.8) is 0 Å². The fourth-order valence-corrected chi connectivity index (χ4v) is 2.96. The van der Waals surface area contributed by atoms with Crippen molar-refractivity contribution in [2.75, 3.05) is 14.1 Å². The van der Waals surface area contributed by atoms with E-state index in [9.17, 15) is 5.11 Å². The Labute approximate surface area is 174 Å². The Bertz CT molecular complexity index is 1210. The van der Waals surface area contributed by atoms with Gasteiger partial charge < -0.3 is 14.4 Å². The van der Waals surface area contributed by atoms with Gasteiger partial charge >= 0.3 is 0 Å². The van der Waals surface area contributed by atoms with Crippen molar-refractivity contribution in [2.24, 2.45) is 0 Å². The van der Waals surface area contributed by atoms with Gasteiger partial charge in [-0.25, -0.2) is 4.98 Å². The summed E-state index contributed by atoms with van der Waals surface area (Å²) >= 11 is 0. The molecule has 0 radical (unpaired) electrons. The molecule has 7 nitrogen and oxygen atoms in total. The van der Waals surface area contributed by atoms with Crippen molar-refractivity contribution in [3.8, 4) is 40.0 Å². The number of phenolic OH excluding ortho intramolecular Hbond substituents is 1. The maximum Gasteiger partial charge on any atom is 0.268 e. The molecule has 0 aliphatic rings. The number of aromatic nitrogens is 4. The minimum absolute atomic E-state index is 0.130. The standard InChI is InChI=1S/C23H21N5O2/c1-14-21(23-27-26-22(30-23)18-6-5-7-19(29)12-18)25-20(13-24-14)17-10-8-16(9-11-17)15(2)28(3)4/h5-13,29H,2H2,1,3-4H3. The molecule has 2 heterocycles. The Morgan fingerprint density at radius 1 is 1.00 bits per heavy atom. The lowest BCUT2D eigenvalue weighted by atomic mass is 10.1. The molecule has 4 aromatic rings. The lowest BCUT2D eigenvalue weighted by molar-refractivity contribution is 0.475. The van der Waals surface area contributed by atoms with Crippen LogP contribution in [0.4, 0.5) is 0 Å². The Balaban J connectivity index is 1.67. The van der Waals surface area contributed by atoms with Gasteiger partial charge in [0.15, 0.2) is 0 Å². The van der Waals surface area contributed by atoms with Gasteiger partial charge in [0, 0.05) is 30.9 Å². The predicted molar refractivity (Wildman–Crippen MR) is 115 cm³/mol. The minimum Gasteiger partial charge on any atom is -0.508 e. The van der Waals surface area contributed by atoms with Gasteiger partial charge in [0.25, 0.3) is 5.89 Å². The van der Waals surface area contributed by atoms with Crippen LogP contribution < -0.4 is 0 Å². The quantitative estimate of drug-likeness (QED) is 0.532. The van der Waals surface area contributed by atoms with Gasteiger partial charge in [-0.2, -0.15) is 0 Å². The first-order chi connectivity index (χ1) is 14.4. The highest BCUT2D eigenvalue weighted by molar-refractivity contribution is 5.68. The van der Waals surface area contributed by atoms with Crippen LogP contribution in [0.1, 0.15) is 11.3 Å². The number of nitrogens with zero attached hydrogens (tertiary/aromatic N) is 5. The summed E-state index contributed by atoms with van der Waals surface area (Å²) in [6.07, 6.45) is 1.72. The summed E-state index contributed by atoms with van der Waals surface area (Å²) in [4.78, 5) is 11.1. The number of hydrogen-bond donors (Lipinski definition) is 1. The monoisotopic (exact) mass is 399 g/mol. The summed E-state index contributed by atoms with van der Waals surface area (Å²) in [7, 11) is 3.92. The van der Waals surface area contributed by atoms with Gasteiger partial charge in [0.05, 0.1) is 17.6 Å². The van der Waals surface area contributed by atoms with E-state index in [-0.39, 0.29) is 11.6 Å². The van der Waals surface area contributed by atoms with Crippen LogP contribution in [0, 0.1) is 6.92 Å². The molecule has 7 heteroatoms. The van der Waals surface area contributed by atoms with Gasteiger partial charge in [0.1, 0.15) is 11.4 Å². The number of hydrogen-bond acceptors (Lipinski definition) is 7. The Morgan fingerprint density at radius 3 is 2.43 bits per heavy atom. The molecule has 0 aliphatic carbocycles. The molecule has 2 aromatic heterocycles. The smallest absolute Gasteiger partial charge is 0.268 e. The topological polar surface area (TPSA) is 88.2 Å². The molecule has 0 amide bonds. The molecule has 0 atom stereocenters. The molecule has 30 heavy (non-hydrogen) atoms. The zero-order valence-corrected chi connectivity index (χ0v) is 17.0. The molecule has 0 saturated heterocycles. The van der Waals surface area contributed by atoms with Crippen LogP contribution in [0.2, 0.25) is 0 Å². The molecule has 0 spiro atoms. The van der Waals surface area contributed by atoms with Crippen LogP contribution in [-0.2, 0) is 0 Å². The van der Waals surface area contributed by atoms with E-state index in [1.807, 2.05) is 50.2 Å². The first kappa shape index (κ1) is 19.3. The van der Waals surface area contributed by atoms with Gasteiger partial charge in [-0.1, -0.05) is 36.9 Å². The molecule has 150 valence electrons. The third kappa shape index (κ3) is 3.77. The lowest BCUT2D eigenvalue weighted by Crippen LogP contribution is -2.08. The van der Waals surface area contributed by atoms with E-state index in [0.29, 0.717) is 28.5 Å². The zero-order valence-electron chi connectivity index (χ0n) is 17.0. The predicted octanol–water partition coefficient (Wildman–Crippen LogP) is 4.41. The Morgan fingerprint density at radius 2 is 1.73 bits per heavy atom. The third-order valence-electron chi connectivity index (χ3n) is 4.73. The molecule has 0 bridgehead atoms. The molecule has 0 fully saturated rings. The van der Waals surface area contributed by atoms with E-state index in [1.165, 1.54) is 0 Å². The van der Waals surface area contributed by atoms with Crippen LogP contribution in [-0.4, -0.2) is 44.3 Å². The van der Waals surface area contributed by atoms with E-state index < -0.39 is 0 Å². The fraction of sp³-hybridized carbons (Fsp3) is 0.130. The third-order valence-corrected chi connectivity index (χ3v) is 4.73. The first-order valence-corrected chi connectivity index (χ1v) is 9.36. The number of phenols is 1. The normalized spacial score (nSPS) is 10.8. The van der Waals surface area contributed by atoms with E-state index in [2.05, 4.69) is 21.8 Å². The maximum atomic E-state index is 9.67. The van der Waals surface area contributed by atoms with Crippen molar-refractivity contribution in [1.29, 1.82) is 0 Å². The summed E-state index contributed by atoms with van der Waals surface area (Å²) < 4.78 is 5.81. The molecular formula is C23H21N5O2. The summed E-state index contributed by atoms with van der Waals surface area (Å²) in [5, 5.41) is 17.9. The van der Waals surface area contributed by atoms with Crippen molar-refractivity contribution >= 4 is 5.70 Å². The number of benzene rings is 2. The average Bonchev–Trinajstić information content (AvgIpc) is 3.24. The average molecular weight is 399 g/mol. The van der Waals surface area contributed by atoms with Crippen molar-refractivity contribution in [1.82, 2.24) is 25.1 Å². The van der Waals surface area contributed by atoms with Gasteiger partial charge in [-0.3, -0.25) is 4.98 Å². The van der Waals surface area contributed by atoms with E-state index in [4.69, 9.17) is 9.40 Å². The molecule has 4 rings (SSSR count). The summed E-state index contributed by atoms with van der Waals surface area (Å²) in [6.45, 7) is 5.92. The van der Waals surface area contributed by atoms with Crippen LogP contribution >= 0.6 is 0 Å². The Hall–Kier alpha value is -4.00. The molecule has 0 aliphatic heterocycles. The largest absolute Gasteiger partial charge is 0.508 e. The summed E-state index contributed by atoms with van der Waals surface area (Å²) in [6, 6.07) is 14.6. The highest BCUT2D eigenvalue weighted by Gasteiger charge is 2.16. The van der Waals surface area contributed by atoms with Crippen molar-refractivity contribution < 1.29 is 9.52 Å². The Kier molecular flexibility index (Phi) is 5.02. The van der Waals surface area contributed by atoms with Gasteiger partial charge in [0.2, 0.25) is 5.89 Å². The minimum atomic E-state index is 0.130. The SMILES string of the molecule is C=C(c1ccc(-c2cnc(C)c(-c3nnc(-c4cccc(O)c4)o3)n2)cc1)N(C)C.